The van der Waals surface area contributed by atoms with Crippen molar-refractivity contribution in [2.24, 2.45) is 5.92 Å². The number of carbonyl (C=O) groups excluding carboxylic acids is 2. The number of halogens is 1. The summed E-state index contributed by atoms with van der Waals surface area (Å²) in [6, 6.07) is 13.2. The van der Waals surface area contributed by atoms with Gasteiger partial charge in [0, 0.05) is 16.4 Å². The summed E-state index contributed by atoms with van der Waals surface area (Å²) in [5, 5.41) is 8.81. The number of anilines is 2. The van der Waals surface area contributed by atoms with E-state index in [2.05, 4.69) is 16.0 Å². The number of carbonyl (C=O) groups is 2. The van der Waals surface area contributed by atoms with E-state index in [1.54, 1.807) is 24.3 Å². The fourth-order valence-electron chi connectivity index (χ4n) is 2.30. The Hall–Kier alpha value is -2.53. The van der Waals surface area contributed by atoms with Crippen molar-refractivity contribution in [1.29, 1.82) is 0 Å². The highest BCUT2D eigenvalue weighted by molar-refractivity contribution is 6.31. The van der Waals surface area contributed by atoms with Crippen LogP contribution in [0.3, 0.4) is 0 Å². The van der Waals surface area contributed by atoms with E-state index in [-0.39, 0.29) is 11.8 Å². The molecule has 0 aromatic heterocycles. The molecule has 3 N–H and O–H groups in total. The van der Waals surface area contributed by atoms with E-state index in [4.69, 9.17) is 11.6 Å². The number of benzene rings is 2. The molecule has 0 aliphatic carbocycles. The second-order valence-electron chi connectivity index (χ2n) is 6.13. The largest absolute Gasteiger partial charge is 0.326 e. The molecule has 0 heterocycles. The Kier molecular flexibility index (Phi) is 6.42. The van der Waals surface area contributed by atoms with Crippen LogP contribution in [0.1, 0.15) is 19.4 Å². The Labute approximate surface area is 152 Å². The van der Waals surface area contributed by atoms with Crippen molar-refractivity contribution >= 4 is 34.9 Å². The summed E-state index contributed by atoms with van der Waals surface area (Å²) in [7, 11) is 0. The van der Waals surface area contributed by atoms with Crippen molar-refractivity contribution in [1.82, 2.24) is 5.32 Å². The number of nitrogens with one attached hydrogen (secondary N) is 3. The molecule has 2 aromatic rings. The summed E-state index contributed by atoms with van der Waals surface area (Å²) in [6.45, 7) is 5.63. The molecule has 5 nitrogen and oxygen atoms in total. The van der Waals surface area contributed by atoms with Gasteiger partial charge in [-0.05, 0) is 42.7 Å². The van der Waals surface area contributed by atoms with E-state index in [9.17, 15) is 9.59 Å². The van der Waals surface area contributed by atoms with Gasteiger partial charge in [-0.15, -0.1) is 0 Å². The first-order chi connectivity index (χ1) is 11.9. The van der Waals surface area contributed by atoms with Gasteiger partial charge in [-0.1, -0.05) is 49.7 Å². The molecule has 0 radical (unpaired) electrons. The zero-order valence-electron chi connectivity index (χ0n) is 14.5. The first kappa shape index (κ1) is 18.8. The topological polar surface area (TPSA) is 70.2 Å². The molecular weight excluding hydrogens is 338 g/mol. The fraction of sp³-hybridized carbons (Fsp3) is 0.263. The minimum atomic E-state index is -0.679. The third-order valence-electron chi connectivity index (χ3n) is 3.72. The van der Waals surface area contributed by atoms with Gasteiger partial charge in [-0.2, -0.15) is 0 Å². The standard InChI is InChI=1S/C19H22ClN3O2/c1-12(2)17(23-19(25)21-15-7-5-4-6-8-15)18(24)22-16-11-14(20)10-9-13(16)3/h4-12,17H,1-3H3,(H,22,24)(H2,21,23,25)/t17-/m0/s1. The summed E-state index contributed by atoms with van der Waals surface area (Å²) in [4.78, 5) is 24.8. The second-order valence-corrected chi connectivity index (χ2v) is 6.57. The molecule has 0 aliphatic rings. The highest BCUT2D eigenvalue weighted by Crippen LogP contribution is 2.21. The maximum absolute atomic E-state index is 12.6. The number of urea groups is 1. The first-order valence-electron chi connectivity index (χ1n) is 8.06. The van der Waals surface area contributed by atoms with Gasteiger partial charge in [0.1, 0.15) is 6.04 Å². The molecule has 0 unspecified atom stereocenters. The summed E-state index contributed by atoms with van der Waals surface area (Å²) < 4.78 is 0. The van der Waals surface area contributed by atoms with Crippen molar-refractivity contribution in [3.05, 3.63) is 59.1 Å². The molecule has 0 spiro atoms. The minimum absolute atomic E-state index is 0.0824. The van der Waals surface area contributed by atoms with Crippen LogP contribution in [-0.4, -0.2) is 18.0 Å². The number of amides is 3. The van der Waals surface area contributed by atoms with E-state index in [1.165, 1.54) is 0 Å². The molecule has 2 aromatic carbocycles. The molecule has 0 aliphatic heterocycles. The summed E-state index contributed by atoms with van der Waals surface area (Å²) in [5.74, 6) is -0.371. The van der Waals surface area contributed by atoms with Gasteiger partial charge >= 0.3 is 6.03 Å². The van der Waals surface area contributed by atoms with Crippen LogP contribution < -0.4 is 16.0 Å². The Morgan fingerprint density at radius 2 is 1.68 bits per heavy atom. The molecule has 0 saturated heterocycles. The SMILES string of the molecule is Cc1ccc(Cl)cc1NC(=O)[C@@H](NC(=O)Nc1ccccc1)C(C)C. The smallest absolute Gasteiger partial charge is 0.319 e. The Balaban J connectivity index is 2.05. The second kappa shape index (κ2) is 8.53. The van der Waals surface area contributed by atoms with E-state index in [0.29, 0.717) is 16.4 Å². The lowest BCUT2D eigenvalue weighted by molar-refractivity contribution is -0.118. The van der Waals surface area contributed by atoms with Gasteiger partial charge in [0.25, 0.3) is 0 Å². The molecule has 132 valence electrons. The van der Waals surface area contributed by atoms with E-state index in [0.717, 1.165) is 5.56 Å². The summed E-state index contributed by atoms with van der Waals surface area (Å²) in [6.07, 6.45) is 0. The van der Waals surface area contributed by atoms with E-state index in [1.807, 2.05) is 45.0 Å². The third kappa shape index (κ3) is 5.50. The van der Waals surface area contributed by atoms with Crippen molar-refractivity contribution in [2.45, 2.75) is 26.8 Å². The molecule has 0 saturated carbocycles. The predicted octanol–water partition coefficient (Wildman–Crippen LogP) is 4.43. The molecule has 0 bridgehead atoms. The van der Waals surface area contributed by atoms with Crippen molar-refractivity contribution in [3.63, 3.8) is 0 Å². The zero-order chi connectivity index (χ0) is 18.4. The molecule has 0 fully saturated rings. The number of hydrogen-bond donors (Lipinski definition) is 3. The lowest BCUT2D eigenvalue weighted by atomic mass is 10.0. The van der Waals surface area contributed by atoms with Crippen molar-refractivity contribution < 1.29 is 9.59 Å². The highest BCUT2D eigenvalue weighted by atomic mass is 35.5. The van der Waals surface area contributed by atoms with E-state index >= 15 is 0 Å². The first-order valence-corrected chi connectivity index (χ1v) is 8.44. The van der Waals surface area contributed by atoms with Crippen LogP contribution in [0, 0.1) is 12.8 Å². The fourth-order valence-corrected chi connectivity index (χ4v) is 2.48. The third-order valence-corrected chi connectivity index (χ3v) is 3.96. The number of rotatable bonds is 5. The molecule has 25 heavy (non-hydrogen) atoms. The normalized spacial score (nSPS) is 11.7. The number of para-hydroxylation sites is 1. The van der Waals surface area contributed by atoms with Crippen molar-refractivity contribution in [3.8, 4) is 0 Å². The highest BCUT2D eigenvalue weighted by Gasteiger charge is 2.24. The molecule has 3 amide bonds. The Morgan fingerprint density at radius 3 is 2.32 bits per heavy atom. The van der Waals surface area contributed by atoms with Gasteiger partial charge in [-0.3, -0.25) is 4.79 Å². The minimum Gasteiger partial charge on any atom is -0.326 e. The van der Waals surface area contributed by atoms with Crippen LogP contribution in [0.2, 0.25) is 5.02 Å². The lowest BCUT2D eigenvalue weighted by Crippen LogP contribution is -2.48. The molecule has 6 heteroatoms. The van der Waals surface area contributed by atoms with Crippen LogP contribution in [0.25, 0.3) is 0 Å². The van der Waals surface area contributed by atoms with Crippen LogP contribution in [0.4, 0.5) is 16.2 Å². The van der Waals surface area contributed by atoms with Crippen LogP contribution >= 0.6 is 11.6 Å². The van der Waals surface area contributed by atoms with Crippen LogP contribution in [0.5, 0.6) is 0 Å². The maximum atomic E-state index is 12.6. The Bertz CT molecular complexity index is 748. The molecular formula is C19H22ClN3O2. The van der Waals surface area contributed by atoms with Gasteiger partial charge < -0.3 is 16.0 Å². The molecule has 2 rings (SSSR count). The number of aryl methyl sites for hydroxylation is 1. The van der Waals surface area contributed by atoms with E-state index < -0.39 is 12.1 Å². The lowest BCUT2D eigenvalue weighted by Gasteiger charge is -2.22. The van der Waals surface area contributed by atoms with Gasteiger partial charge in [0.05, 0.1) is 0 Å². The quantitative estimate of drug-likeness (QED) is 0.738. The van der Waals surface area contributed by atoms with Crippen molar-refractivity contribution in [2.75, 3.05) is 10.6 Å². The Morgan fingerprint density at radius 1 is 1.00 bits per heavy atom. The maximum Gasteiger partial charge on any atom is 0.319 e. The summed E-state index contributed by atoms with van der Waals surface area (Å²) in [5.41, 5.74) is 2.19. The average molecular weight is 360 g/mol. The number of hydrogen-bond acceptors (Lipinski definition) is 2. The van der Waals surface area contributed by atoms with Crippen LogP contribution in [0.15, 0.2) is 48.5 Å². The van der Waals surface area contributed by atoms with Crippen LogP contribution in [-0.2, 0) is 4.79 Å². The molecule has 1 atom stereocenters. The van der Waals surface area contributed by atoms with Gasteiger partial charge in [-0.25, -0.2) is 4.79 Å². The monoisotopic (exact) mass is 359 g/mol. The zero-order valence-corrected chi connectivity index (χ0v) is 15.2. The predicted molar refractivity (Wildman–Crippen MR) is 102 cm³/mol. The van der Waals surface area contributed by atoms with Gasteiger partial charge in [0.2, 0.25) is 5.91 Å². The van der Waals surface area contributed by atoms with Gasteiger partial charge in [0.15, 0.2) is 0 Å². The summed E-state index contributed by atoms with van der Waals surface area (Å²) >= 11 is 5.99. The average Bonchev–Trinajstić information content (AvgIpc) is 2.56.